The lowest BCUT2D eigenvalue weighted by Crippen LogP contribution is -2.23. The van der Waals surface area contributed by atoms with E-state index in [1.54, 1.807) is 0 Å². The first-order valence-electron chi connectivity index (χ1n) is 5.24. The van der Waals surface area contributed by atoms with Crippen molar-refractivity contribution in [1.29, 1.82) is 0 Å². The lowest BCUT2D eigenvalue weighted by Gasteiger charge is -2.29. The van der Waals surface area contributed by atoms with E-state index in [4.69, 9.17) is 5.11 Å². The molecular weight excluding hydrogens is 204 g/mol. The van der Waals surface area contributed by atoms with E-state index in [2.05, 4.69) is 27.4 Å². The zero-order valence-corrected chi connectivity index (χ0v) is 10.5. The van der Waals surface area contributed by atoms with E-state index in [-0.39, 0.29) is 5.41 Å². The van der Waals surface area contributed by atoms with Gasteiger partial charge in [0.2, 0.25) is 0 Å². The molecule has 0 amide bonds. The number of aliphatic carboxylic acids is 1. The van der Waals surface area contributed by atoms with E-state index in [1.165, 1.54) is 5.57 Å². The summed E-state index contributed by atoms with van der Waals surface area (Å²) in [5.74, 6) is -0.649. The van der Waals surface area contributed by atoms with Gasteiger partial charge in [0.25, 0.3) is 0 Å². The fourth-order valence-corrected chi connectivity index (χ4v) is 1.72. The third-order valence-corrected chi connectivity index (χ3v) is 2.62. The summed E-state index contributed by atoms with van der Waals surface area (Å²) < 4.78 is 0. The molecule has 0 aromatic rings. The van der Waals surface area contributed by atoms with Crippen molar-refractivity contribution in [2.75, 3.05) is 0 Å². The molecule has 0 heterocycles. The number of allylic oxidation sites excluding steroid dienone is 2. The van der Waals surface area contributed by atoms with Crippen LogP contribution in [-0.2, 0) is 9.59 Å². The van der Waals surface area contributed by atoms with Gasteiger partial charge in [0, 0.05) is 12.5 Å². The van der Waals surface area contributed by atoms with E-state index >= 15 is 0 Å². The molecule has 90 valence electrons. The molecule has 0 atom stereocenters. The van der Waals surface area contributed by atoms with Gasteiger partial charge in [0.1, 0.15) is 0 Å². The molecule has 0 spiro atoms. The smallest absolute Gasteiger partial charge is 0.327 e. The van der Waals surface area contributed by atoms with Gasteiger partial charge in [-0.1, -0.05) is 26.0 Å². The van der Waals surface area contributed by atoms with E-state index in [0.717, 1.165) is 24.5 Å². The highest BCUT2D eigenvalue weighted by Gasteiger charge is 2.28. The van der Waals surface area contributed by atoms with Crippen LogP contribution in [0.4, 0.5) is 0 Å². The van der Waals surface area contributed by atoms with Crippen molar-refractivity contribution in [1.82, 2.24) is 0 Å². The Morgan fingerprint density at radius 1 is 1.38 bits per heavy atom. The maximum absolute atomic E-state index is 11.4. The predicted molar refractivity (Wildman–Crippen MR) is 64.2 cm³/mol. The molecule has 0 saturated heterocycles. The predicted octanol–water partition coefficient (Wildman–Crippen LogP) is 2.97. The number of carbonyl (C=O) groups is 2. The number of carboxylic acid groups (broad SMARTS) is 1. The monoisotopic (exact) mass is 224 g/mol. The van der Waals surface area contributed by atoms with Gasteiger partial charge >= 0.3 is 5.97 Å². The van der Waals surface area contributed by atoms with Crippen molar-refractivity contribution >= 4 is 11.8 Å². The highest BCUT2D eigenvalue weighted by molar-refractivity contribution is 5.96. The average Bonchev–Trinajstić information content (AvgIpc) is 2.13. The second kappa shape index (κ2) is 5.64. The number of hydrogen-bond acceptors (Lipinski definition) is 2. The quantitative estimate of drug-likeness (QED) is 0.697. The van der Waals surface area contributed by atoms with E-state index in [0.29, 0.717) is 5.78 Å². The Morgan fingerprint density at radius 3 is 2.12 bits per heavy atom. The molecule has 1 aliphatic rings. The van der Waals surface area contributed by atoms with E-state index in [1.807, 2.05) is 6.92 Å². The molecule has 0 saturated carbocycles. The van der Waals surface area contributed by atoms with Crippen molar-refractivity contribution < 1.29 is 14.7 Å². The lowest BCUT2D eigenvalue weighted by molar-refractivity contribution is -0.131. The highest BCUT2D eigenvalue weighted by atomic mass is 16.4. The largest absolute Gasteiger partial charge is 0.478 e. The Balaban J connectivity index is 0.000000385. The molecular formula is C13H20O3. The molecule has 3 heteroatoms. The minimum Gasteiger partial charge on any atom is -0.478 e. The van der Waals surface area contributed by atoms with Gasteiger partial charge in [-0.25, -0.2) is 4.79 Å². The van der Waals surface area contributed by atoms with Crippen LogP contribution in [0.5, 0.6) is 0 Å². The molecule has 1 N–H and O–H groups in total. The van der Waals surface area contributed by atoms with Crippen molar-refractivity contribution in [2.45, 2.75) is 40.5 Å². The fraction of sp³-hybridized carbons (Fsp3) is 0.538. The fourth-order valence-electron chi connectivity index (χ4n) is 1.72. The molecule has 16 heavy (non-hydrogen) atoms. The van der Waals surface area contributed by atoms with Crippen LogP contribution < -0.4 is 0 Å². The van der Waals surface area contributed by atoms with Crippen molar-refractivity contribution in [3.63, 3.8) is 0 Å². The molecule has 0 bridgehead atoms. The number of Topliss-reactive ketones (excluding diaryl/α,β-unsaturated/α-hetero) is 1. The van der Waals surface area contributed by atoms with Gasteiger partial charge in [-0.15, -0.1) is 0 Å². The maximum atomic E-state index is 11.4. The highest BCUT2D eigenvalue weighted by Crippen LogP contribution is 2.36. The first-order valence-corrected chi connectivity index (χ1v) is 5.24. The Kier molecular flexibility index (Phi) is 5.15. The average molecular weight is 224 g/mol. The van der Waals surface area contributed by atoms with E-state index < -0.39 is 5.97 Å². The Labute approximate surface area is 96.9 Å². The molecule has 0 fully saturated rings. The van der Waals surface area contributed by atoms with Gasteiger partial charge in [-0.05, 0) is 31.3 Å². The molecule has 0 aromatic carbocycles. The number of carboxylic acids is 1. The molecule has 0 aromatic heterocycles. The second-order valence-electron chi connectivity index (χ2n) is 4.89. The van der Waals surface area contributed by atoms with Gasteiger partial charge in [0.05, 0.1) is 0 Å². The molecule has 1 rings (SSSR count). The van der Waals surface area contributed by atoms with Crippen molar-refractivity contribution in [3.8, 4) is 0 Å². The SMILES string of the molecule is C=CC(=O)O.CC1=C(C)C(=O)CC(C)(C)C1. The summed E-state index contributed by atoms with van der Waals surface area (Å²) in [5, 5.41) is 7.60. The van der Waals surface area contributed by atoms with Crippen LogP contribution in [0.1, 0.15) is 40.5 Å². The zero-order valence-electron chi connectivity index (χ0n) is 10.5. The third-order valence-electron chi connectivity index (χ3n) is 2.62. The summed E-state index contributed by atoms with van der Waals surface area (Å²) in [6.45, 7) is 11.3. The van der Waals surface area contributed by atoms with Crippen LogP contribution in [-0.4, -0.2) is 16.9 Å². The Bertz CT molecular complexity index is 335. The molecule has 3 nitrogen and oxygen atoms in total. The lowest BCUT2D eigenvalue weighted by atomic mass is 9.74. The minimum absolute atomic E-state index is 0.195. The maximum Gasteiger partial charge on any atom is 0.327 e. The summed E-state index contributed by atoms with van der Waals surface area (Å²) >= 11 is 0. The third kappa shape index (κ3) is 4.91. The van der Waals surface area contributed by atoms with Crippen LogP contribution in [0, 0.1) is 5.41 Å². The van der Waals surface area contributed by atoms with E-state index in [9.17, 15) is 9.59 Å². The van der Waals surface area contributed by atoms with Crippen LogP contribution >= 0.6 is 0 Å². The molecule has 1 aliphatic carbocycles. The van der Waals surface area contributed by atoms with Crippen LogP contribution in [0.15, 0.2) is 23.8 Å². The molecule has 0 unspecified atom stereocenters. The first kappa shape index (κ1) is 14.6. The van der Waals surface area contributed by atoms with Crippen molar-refractivity contribution in [2.24, 2.45) is 5.41 Å². The summed E-state index contributed by atoms with van der Waals surface area (Å²) in [4.78, 5) is 20.6. The number of ketones is 1. The summed E-state index contributed by atoms with van der Waals surface area (Å²) in [6, 6.07) is 0. The normalized spacial score (nSPS) is 18.6. The van der Waals surface area contributed by atoms with Gasteiger partial charge < -0.3 is 5.11 Å². The van der Waals surface area contributed by atoms with Crippen LogP contribution in [0.3, 0.4) is 0 Å². The second-order valence-corrected chi connectivity index (χ2v) is 4.89. The Morgan fingerprint density at radius 2 is 1.81 bits per heavy atom. The van der Waals surface area contributed by atoms with Crippen LogP contribution in [0.2, 0.25) is 0 Å². The Hall–Kier alpha value is -1.38. The van der Waals surface area contributed by atoms with Crippen LogP contribution in [0.25, 0.3) is 0 Å². The number of rotatable bonds is 1. The standard InChI is InChI=1S/C10H16O.C3H4O2/c1-7-5-10(3,4)6-9(11)8(7)2;1-2-3(4)5/h5-6H2,1-4H3;2H,1H2,(H,4,5). The van der Waals surface area contributed by atoms with Crippen molar-refractivity contribution in [3.05, 3.63) is 23.8 Å². The number of carbonyl (C=O) groups excluding carboxylic acids is 1. The zero-order chi connectivity index (χ0) is 12.9. The van der Waals surface area contributed by atoms with Gasteiger partial charge in [0.15, 0.2) is 5.78 Å². The minimum atomic E-state index is -0.981. The topological polar surface area (TPSA) is 54.4 Å². The van der Waals surface area contributed by atoms with Gasteiger partial charge in [-0.2, -0.15) is 0 Å². The number of hydrogen-bond donors (Lipinski definition) is 1. The summed E-state index contributed by atoms with van der Waals surface area (Å²) in [5.41, 5.74) is 2.45. The summed E-state index contributed by atoms with van der Waals surface area (Å²) in [7, 11) is 0. The first-order chi connectivity index (χ1) is 7.19. The summed E-state index contributed by atoms with van der Waals surface area (Å²) in [6.07, 6.45) is 2.63. The molecule has 0 radical (unpaired) electrons. The van der Waals surface area contributed by atoms with Gasteiger partial charge in [-0.3, -0.25) is 4.79 Å². The molecule has 0 aliphatic heterocycles.